The van der Waals surface area contributed by atoms with Crippen LogP contribution in [-0.2, 0) is 16.2 Å². The number of esters is 1. The maximum absolute atomic E-state index is 11.8. The van der Waals surface area contributed by atoms with Crippen LogP contribution in [0.3, 0.4) is 0 Å². The molecule has 0 atom stereocenters. The lowest BCUT2D eigenvalue weighted by atomic mass is 10.2. The average Bonchev–Trinajstić information content (AvgIpc) is 2.79. The predicted octanol–water partition coefficient (Wildman–Crippen LogP) is 2.65. The van der Waals surface area contributed by atoms with Crippen molar-refractivity contribution >= 4 is 43.0 Å². The van der Waals surface area contributed by atoms with Crippen molar-refractivity contribution in [3.8, 4) is 0 Å². The number of carbonyl (C=O) groups excluding carboxylic acids is 1. The van der Waals surface area contributed by atoms with Crippen molar-refractivity contribution in [1.82, 2.24) is 14.8 Å². The highest BCUT2D eigenvalue weighted by Crippen LogP contribution is 2.33. The lowest BCUT2D eigenvalue weighted by Gasteiger charge is -2.24. The highest BCUT2D eigenvalue weighted by atomic mass is 79.9. The molecule has 22 heavy (non-hydrogen) atoms. The third-order valence-corrected chi connectivity index (χ3v) is 4.81. The molecule has 0 aliphatic rings. The van der Waals surface area contributed by atoms with Gasteiger partial charge in [0.25, 0.3) is 0 Å². The Morgan fingerprint density at radius 2 is 2.14 bits per heavy atom. The zero-order chi connectivity index (χ0) is 16.3. The number of aromatic nitrogens is 3. The molecule has 122 valence electrons. The quantitative estimate of drug-likeness (QED) is 0.561. The van der Waals surface area contributed by atoms with E-state index in [-0.39, 0.29) is 12.4 Å². The Labute approximate surface area is 139 Å². The summed E-state index contributed by atoms with van der Waals surface area (Å²) >= 11 is 3.35. The van der Waals surface area contributed by atoms with Crippen molar-refractivity contribution in [3.63, 3.8) is 0 Å². The van der Waals surface area contributed by atoms with Gasteiger partial charge in [0, 0.05) is 16.4 Å². The lowest BCUT2D eigenvalue weighted by molar-refractivity contribution is 0.0586. The number of methoxy groups -OCH3 is 1. The first-order valence-corrected chi connectivity index (χ1v) is 10.5. The standard InChI is InChI=1S/C14H20BrN3O3S/c1-20-14(19)12-11-7-10(15)8-16-13(11)18(17-12)9-21-5-6-22(2,3)4/h7-8H,5-6,9H2,1-4H3. The molecule has 0 bridgehead atoms. The predicted molar refractivity (Wildman–Crippen MR) is 92.7 cm³/mol. The van der Waals surface area contributed by atoms with Gasteiger partial charge in [-0.1, -0.05) is 0 Å². The summed E-state index contributed by atoms with van der Waals surface area (Å²) in [4.78, 5) is 16.2. The van der Waals surface area contributed by atoms with Gasteiger partial charge >= 0.3 is 5.97 Å². The minimum Gasteiger partial charge on any atom is -0.464 e. The van der Waals surface area contributed by atoms with Crippen LogP contribution in [0.2, 0.25) is 0 Å². The molecule has 2 rings (SSSR count). The van der Waals surface area contributed by atoms with Gasteiger partial charge in [0.1, 0.15) is 6.73 Å². The number of rotatable bonds is 6. The van der Waals surface area contributed by atoms with Gasteiger partial charge in [-0.3, -0.25) is 0 Å². The van der Waals surface area contributed by atoms with E-state index >= 15 is 0 Å². The lowest BCUT2D eigenvalue weighted by Crippen LogP contribution is -2.12. The Morgan fingerprint density at radius 3 is 2.77 bits per heavy atom. The van der Waals surface area contributed by atoms with E-state index in [1.807, 2.05) is 0 Å². The molecular weight excluding hydrogens is 370 g/mol. The van der Waals surface area contributed by atoms with Gasteiger partial charge in [-0.05, 0) is 40.8 Å². The molecule has 0 fully saturated rings. The molecule has 0 spiro atoms. The van der Waals surface area contributed by atoms with Gasteiger partial charge in [-0.25, -0.2) is 24.5 Å². The van der Waals surface area contributed by atoms with Crippen molar-refractivity contribution in [2.75, 3.05) is 38.2 Å². The average molecular weight is 390 g/mol. The van der Waals surface area contributed by atoms with Crippen LogP contribution in [0.1, 0.15) is 10.5 Å². The van der Waals surface area contributed by atoms with Crippen molar-refractivity contribution < 1.29 is 14.3 Å². The number of hydrogen-bond donors (Lipinski definition) is 0. The molecule has 0 aromatic carbocycles. The van der Waals surface area contributed by atoms with E-state index in [4.69, 9.17) is 9.47 Å². The highest BCUT2D eigenvalue weighted by Gasteiger charge is 2.19. The Balaban J connectivity index is 2.21. The molecule has 0 unspecified atom stereocenters. The summed E-state index contributed by atoms with van der Waals surface area (Å²) in [7, 11) is 0.745. The zero-order valence-electron chi connectivity index (χ0n) is 13.1. The van der Waals surface area contributed by atoms with Crippen molar-refractivity contribution in [2.45, 2.75) is 6.73 Å². The van der Waals surface area contributed by atoms with E-state index in [2.05, 4.69) is 44.8 Å². The number of halogens is 1. The first-order valence-electron chi connectivity index (χ1n) is 6.66. The molecule has 0 saturated heterocycles. The first kappa shape index (κ1) is 17.2. The van der Waals surface area contributed by atoms with E-state index in [1.54, 1.807) is 16.9 Å². The molecule has 2 aromatic heterocycles. The SMILES string of the molecule is COC(=O)c1nn(COCCS(C)(C)C)c2ncc(Br)cc12. The summed E-state index contributed by atoms with van der Waals surface area (Å²) in [6.45, 7) is 0.919. The molecule has 6 nitrogen and oxygen atoms in total. The topological polar surface area (TPSA) is 66.2 Å². The molecule has 0 saturated carbocycles. The number of hydrogen-bond acceptors (Lipinski definition) is 5. The van der Waals surface area contributed by atoms with Gasteiger partial charge < -0.3 is 9.47 Å². The number of carbonyl (C=O) groups is 1. The second kappa shape index (κ2) is 6.97. The van der Waals surface area contributed by atoms with Crippen LogP contribution in [0.5, 0.6) is 0 Å². The molecule has 8 heteroatoms. The summed E-state index contributed by atoms with van der Waals surface area (Å²) in [6, 6.07) is 1.80. The molecule has 0 radical (unpaired) electrons. The largest absolute Gasteiger partial charge is 0.464 e. The summed E-state index contributed by atoms with van der Waals surface area (Å²) < 4.78 is 12.8. The molecule has 0 aliphatic carbocycles. The fraction of sp³-hybridized carbons (Fsp3) is 0.500. The van der Waals surface area contributed by atoms with Crippen LogP contribution in [-0.4, -0.2) is 59.0 Å². The van der Waals surface area contributed by atoms with Gasteiger partial charge in [-0.2, -0.15) is 5.10 Å². The van der Waals surface area contributed by atoms with Crippen LogP contribution >= 0.6 is 26.0 Å². The molecular formula is C14H20BrN3O3S. The maximum atomic E-state index is 11.8. The fourth-order valence-corrected chi connectivity index (χ4v) is 2.78. The van der Waals surface area contributed by atoms with Crippen molar-refractivity contribution in [3.05, 3.63) is 22.4 Å². The van der Waals surface area contributed by atoms with Crippen LogP contribution in [0.25, 0.3) is 11.0 Å². The second-order valence-electron chi connectivity index (χ2n) is 5.70. The molecule has 0 N–H and O–H groups in total. The normalized spacial score (nSPS) is 12.6. The fourth-order valence-electron chi connectivity index (χ4n) is 1.83. The monoisotopic (exact) mass is 389 g/mol. The van der Waals surface area contributed by atoms with Gasteiger partial charge in [-0.15, -0.1) is 0 Å². The minimum atomic E-state index is -0.589. The van der Waals surface area contributed by atoms with Crippen molar-refractivity contribution in [2.24, 2.45) is 0 Å². The Hall–Kier alpha value is -1.12. The van der Waals surface area contributed by atoms with E-state index in [0.29, 0.717) is 17.6 Å². The molecule has 2 aromatic rings. The Kier molecular flexibility index (Phi) is 5.46. The van der Waals surface area contributed by atoms with Crippen LogP contribution in [0.4, 0.5) is 0 Å². The third kappa shape index (κ3) is 4.21. The first-order chi connectivity index (χ1) is 10.3. The molecule has 0 amide bonds. The van der Waals surface area contributed by atoms with E-state index in [1.165, 1.54) is 7.11 Å². The van der Waals surface area contributed by atoms with E-state index < -0.39 is 16.0 Å². The Morgan fingerprint density at radius 1 is 1.41 bits per heavy atom. The van der Waals surface area contributed by atoms with Gasteiger partial charge in [0.05, 0.1) is 19.1 Å². The summed E-state index contributed by atoms with van der Waals surface area (Å²) in [5.41, 5.74) is 0.850. The van der Waals surface area contributed by atoms with Crippen LogP contribution in [0, 0.1) is 0 Å². The maximum Gasteiger partial charge on any atom is 0.359 e. The van der Waals surface area contributed by atoms with Gasteiger partial charge in [0.15, 0.2) is 11.3 Å². The minimum absolute atomic E-state index is 0.247. The van der Waals surface area contributed by atoms with Gasteiger partial charge in [0.2, 0.25) is 0 Å². The molecule has 2 heterocycles. The second-order valence-corrected chi connectivity index (χ2v) is 11.2. The number of fused-ring (bicyclic) bond motifs is 1. The van der Waals surface area contributed by atoms with Crippen LogP contribution in [0.15, 0.2) is 16.7 Å². The Bertz CT molecular complexity index is 682. The number of ether oxygens (including phenoxy) is 2. The third-order valence-electron chi connectivity index (χ3n) is 2.99. The summed E-state index contributed by atoms with van der Waals surface area (Å²) in [5.74, 6) is 0.539. The number of nitrogens with zero attached hydrogens (tertiary/aromatic N) is 3. The van der Waals surface area contributed by atoms with E-state index in [9.17, 15) is 4.79 Å². The summed E-state index contributed by atoms with van der Waals surface area (Å²) in [5, 5.41) is 4.92. The van der Waals surface area contributed by atoms with E-state index in [0.717, 1.165) is 10.2 Å². The number of pyridine rings is 1. The molecule has 0 aliphatic heterocycles. The summed E-state index contributed by atoms with van der Waals surface area (Å²) in [6.07, 6.45) is 8.40. The smallest absolute Gasteiger partial charge is 0.359 e. The van der Waals surface area contributed by atoms with Crippen LogP contribution < -0.4 is 0 Å². The highest BCUT2D eigenvalue weighted by molar-refractivity contribution is 9.10. The zero-order valence-corrected chi connectivity index (χ0v) is 15.5. The van der Waals surface area contributed by atoms with Crippen molar-refractivity contribution in [1.29, 1.82) is 0 Å².